The Morgan fingerprint density at radius 3 is 2.89 bits per heavy atom. The Balaban J connectivity index is 1.72. The summed E-state index contributed by atoms with van der Waals surface area (Å²) in [7, 11) is -3.20. The van der Waals surface area contributed by atoms with Crippen molar-refractivity contribution in [1.82, 2.24) is 15.0 Å². The SMILES string of the molecule is Cc1cccnc1CNS(=O)(=O)CCCNC1CC1. The summed E-state index contributed by atoms with van der Waals surface area (Å²) in [5, 5.41) is 3.31. The molecule has 1 fully saturated rings. The second-order valence-corrected chi connectivity index (χ2v) is 6.92. The number of pyridine rings is 1. The minimum absolute atomic E-state index is 0.165. The highest BCUT2D eigenvalue weighted by molar-refractivity contribution is 7.89. The van der Waals surface area contributed by atoms with Gasteiger partial charge in [-0.3, -0.25) is 4.98 Å². The molecule has 6 heteroatoms. The van der Waals surface area contributed by atoms with Gasteiger partial charge in [-0.2, -0.15) is 0 Å². The standard InChI is InChI=1S/C13H21N3O2S/c1-11-4-2-7-15-13(11)10-16-19(17,18)9-3-8-14-12-5-6-12/h2,4,7,12,14,16H,3,5-6,8-10H2,1H3. The van der Waals surface area contributed by atoms with Crippen LogP contribution in [0.5, 0.6) is 0 Å². The largest absolute Gasteiger partial charge is 0.314 e. The van der Waals surface area contributed by atoms with Crippen LogP contribution in [0.25, 0.3) is 0 Å². The smallest absolute Gasteiger partial charge is 0.211 e. The van der Waals surface area contributed by atoms with Crippen LogP contribution >= 0.6 is 0 Å². The fourth-order valence-electron chi connectivity index (χ4n) is 1.81. The molecule has 1 aliphatic rings. The maximum absolute atomic E-state index is 11.8. The van der Waals surface area contributed by atoms with Crippen molar-refractivity contribution in [3.8, 4) is 0 Å². The Morgan fingerprint density at radius 2 is 2.21 bits per heavy atom. The molecule has 0 atom stereocenters. The lowest BCUT2D eigenvalue weighted by Gasteiger charge is -2.08. The molecule has 0 aliphatic heterocycles. The summed E-state index contributed by atoms with van der Waals surface area (Å²) in [6.45, 7) is 2.97. The Hall–Kier alpha value is -0.980. The molecule has 0 bridgehead atoms. The first-order chi connectivity index (χ1) is 9.07. The Bertz CT molecular complexity index is 512. The molecule has 0 aromatic carbocycles. The van der Waals surface area contributed by atoms with Crippen LogP contribution in [0, 0.1) is 6.92 Å². The highest BCUT2D eigenvalue weighted by atomic mass is 32.2. The lowest BCUT2D eigenvalue weighted by molar-refractivity contribution is 0.573. The van der Waals surface area contributed by atoms with E-state index < -0.39 is 10.0 Å². The predicted molar refractivity (Wildman–Crippen MR) is 75.2 cm³/mol. The summed E-state index contributed by atoms with van der Waals surface area (Å²) in [4.78, 5) is 4.17. The zero-order valence-corrected chi connectivity index (χ0v) is 12.0. The van der Waals surface area contributed by atoms with Gasteiger partial charge in [-0.25, -0.2) is 13.1 Å². The number of aryl methyl sites for hydroxylation is 1. The zero-order chi connectivity index (χ0) is 13.7. The van der Waals surface area contributed by atoms with Crippen LogP contribution in [0.15, 0.2) is 18.3 Å². The number of hydrogen-bond donors (Lipinski definition) is 2. The second kappa shape index (κ2) is 6.45. The monoisotopic (exact) mass is 283 g/mol. The first-order valence-corrected chi connectivity index (χ1v) is 8.33. The summed E-state index contributed by atoms with van der Waals surface area (Å²) >= 11 is 0. The Kier molecular flexibility index (Phi) is 4.90. The molecule has 0 spiro atoms. The third-order valence-corrected chi connectivity index (χ3v) is 4.59. The van der Waals surface area contributed by atoms with Crippen LogP contribution < -0.4 is 10.0 Å². The van der Waals surface area contributed by atoms with E-state index in [0.29, 0.717) is 12.5 Å². The average molecular weight is 283 g/mol. The van der Waals surface area contributed by atoms with Crippen molar-refractivity contribution in [2.75, 3.05) is 12.3 Å². The zero-order valence-electron chi connectivity index (χ0n) is 11.2. The summed E-state index contributed by atoms with van der Waals surface area (Å²) in [6.07, 6.45) is 4.77. The van der Waals surface area contributed by atoms with Gasteiger partial charge in [-0.15, -0.1) is 0 Å². The van der Waals surface area contributed by atoms with Gasteiger partial charge in [0.25, 0.3) is 0 Å². The molecule has 19 heavy (non-hydrogen) atoms. The van der Waals surface area contributed by atoms with E-state index in [2.05, 4.69) is 15.0 Å². The van der Waals surface area contributed by atoms with E-state index in [-0.39, 0.29) is 12.3 Å². The topological polar surface area (TPSA) is 71.1 Å². The molecule has 0 saturated heterocycles. The molecule has 0 unspecified atom stereocenters. The number of hydrogen-bond acceptors (Lipinski definition) is 4. The van der Waals surface area contributed by atoms with Crippen molar-refractivity contribution in [3.05, 3.63) is 29.6 Å². The van der Waals surface area contributed by atoms with E-state index in [1.807, 2.05) is 19.1 Å². The summed E-state index contributed by atoms with van der Waals surface area (Å²) < 4.78 is 26.2. The molecule has 1 aromatic heterocycles. The molecule has 5 nitrogen and oxygen atoms in total. The molecule has 0 amide bonds. The van der Waals surface area contributed by atoms with Crippen molar-refractivity contribution in [3.63, 3.8) is 0 Å². The van der Waals surface area contributed by atoms with E-state index >= 15 is 0 Å². The van der Waals surface area contributed by atoms with Crippen LogP contribution in [0.3, 0.4) is 0 Å². The highest BCUT2D eigenvalue weighted by Crippen LogP contribution is 2.18. The second-order valence-electron chi connectivity index (χ2n) is 4.99. The highest BCUT2D eigenvalue weighted by Gasteiger charge is 2.20. The van der Waals surface area contributed by atoms with Gasteiger partial charge in [0, 0.05) is 12.2 Å². The summed E-state index contributed by atoms with van der Waals surface area (Å²) in [6, 6.07) is 4.40. The molecule has 1 aliphatic carbocycles. The number of rotatable bonds is 8. The van der Waals surface area contributed by atoms with Gasteiger partial charge in [-0.1, -0.05) is 6.07 Å². The molecule has 1 aromatic rings. The van der Waals surface area contributed by atoms with Crippen LogP contribution in [0.2, 0.25) is 0 Å². The first-order valence-electron chi connectivity index (χ1n) is 6.68. The summed E-state index contributed by atoms with van der Waals surface area (Å²) in [5.41, 5.74) is 1.78. The minimum Gasteiger partial charge on any atom is -0.314 e. The minimum atomic E-state index is -3.20. The van der Waals surface area contributed by atoms with Crippen molar-refractivity contribution >= 4 is 10.0 Å². The van der Waals surface area contributed by atoms with Gasteiger partial charge in [-0.05, 0) is 44.4 Å². The fraction of sp³-hybridized carbons (Fsp3) is 0.615. The number of nitrogens with one attached hydrogen (secondary N) is 2. The Labute approximate surface area is 114 Å². The lowest BCUT2D eigenvalue weighted by Crippen LogP contribution is -2.29. The third-order valence-electron chi connectivity index (χ3n) is 3.18. The van der Waals surface area contributed by atoms with Crippen molar-refractivity contribution < 1.29 is 8.42 Å². The van der Waals surface area contributed by atoms with E-state index in [9.17, 15) is 8.42 Å². The molecule has 0 radical (unpaired) electrons. The lowest BCUT2D eigenvalue weighted by atomic mass is 10.2. The maximum atomic E-state index is 11.8. The van der Waals surface area contributed by atoms with Crippen molar-refractivity contribution in [1.29, 1.82) is 0 Å². The van der Waals surface area contributed by atoms with Crippen molar-refractivity contribution in [2.45, 2.75) is 38.8 Å². The molecular formula is C13H21N3O2S. The van der Waals surface area contributed by atoms with Gasteiger partial charge in [0.15, 0.2) is 0 Å². The van der Waals surface area contributed by atoms with Crippen LogP contribution in [-0.2, 0) is 16.6 Å². The molecule has 1 saturated carbocycles. The number of sulfonamides is 1. The number of aromatic nitrogens is 1. The Morgan fingerprint density at radius 1 is 1.42 bits per heavy atom. The number of nitrogens with zero attached hydrogens (tertiary/aromatic N) is 1. The van der Waals surface area contributed by atoms with Gasteiger partial charge < -0.3 is 5.32 Å². The van der Waals surface area contributed by atoms with Gasteiger partial charge in [0.05, 0.1) is 18.0 Å². The van der Waals surface area contributed by atoms with Gasteiger partial charge >= 0.3 is 0 Å². The summed E-state index contributed by atoms with van der Waals surface area (Å²) in [5.74, 6) is 0.165. The van der Waals surface area contributed by atoms with Crippen molar-refractivity contribution in [2.24, 2.45) is 0 Å². The third kappa shape index (κ3) is 5.26. The predicted octanol–water partition coefficient (Wildman–Crippen LogP) is 0.952. The maximum Gasteiger partial charge on any atom is 0.211 e. The molecule has 2 rings (SSSR count). The first kappa shape index (κ1) is 14.4. The van der Waals surface area contributed by atoms with E-state index in [0.717, 1.165) is 17.8 Å². The van der Waals surface area contributed by atoms with E-state index in [4.69, 9.17) is 0 Å². The van der Waals surface area contributed by atoms with E-state index in [1.54, 1.807) is 6.20 Å². The molecule has 1 heterocycles. The molecular weight excluding hydrogens is 262 g/mol. The van der Waals surface area contributed by atoms with Crippen LogP contribution in [0.1, 0.15) is 30.5 Å². The normalized spacial score (nSPS) is 15.6. The fourth-order valence-corrected chi connectivity index (χ4v) is 2.84. The van der Waals surface area contributed by atoms with Gasteiger partial charge in [0.2, 0.25) is 10.0 Å². The molecule has 106 valence electrons. The molecule has 2 N–H and O–H groups in total. The van der Waals surface area contributed by atoms with Gasteiger partial charge in [0.1, 0.15) is 0 Å². The van der Waals surface area contributed by atoms with Crippen LogP contribution in [-0.4, -0.2) is 31.7 Å². The van der Waals surface area contributed by atoms with E-state index in [1.165, 1.54) is 12.8 Å². The van der Waals surface area contributed by atoms with Crippen LogP contribution in [0.4, 0.5) is 0 Å². The quantitative estimate of drug-likeness (QED) is 0.697. The average Bonchev–Trinajstić information content (AvgIpc) is 3.18.